The number of ether oxygens (including phenoxy) is 1. The van der Waals surface area contributed by atoms with E-state index in [1.54, 1.807) is 0 Å². The van der Waals surface area contributed by atoms with Gasteiger partial charge in [-0.25, -0.2) is 4.79 Å². The Morgan fingerprint density at radius 1 is 0.806 bits per heavy atom. The van der Waals surface area contributed by atoms with Gasteiger partial charge in [-0.1, -0.05) is 0 Å². The van der Waals surface area contributed by atoms with Gasteiger partial charge in [0.25, 0.3) is 0 Å². The largest absolute Gasteiger partial charge is 0.471 e. The van der Waals surface area contributed by atoms with Crippen LogP contribution >= 0.6 is 0 Å². The van der Waals surface area contributed by atoms with E-state index in [0.29, 0.717) is 4.90 Å². The Balaban J connectivity index is 1.94. The molecule has 0 spiro atoms. The van der Waals surface area contributed by atoms with Crippen molar-refractivity contribution in [3.8, 4) is 0 Å². The first kappa shape index (κ1) is 24.8. The molecule has 0 unspecified atom stereocenters. The fourth-order valence-electron chi connectivity index (χ4n) is 2.78. The van der Waals surface area contributed by atoms with Crippen molar-refractivity contribution in [1.29, 1.82) is 0 Å². The minimum absolute atomic E-state index is 0.0150. The van der Waals surface area contributed by atoms with E-state index in [9.17, 15) is 49.1 Å². The number of nitrogens with zero attached hydrogens (tertiary/aromatic N) is 2. The Morgan fingerprint density at radius 2 is 1.29 bits per heavy atom. The van der Waals surface area contributed by atoms with E-state index < -0.39 is 53.7 Å². The van der Waals surface area contributed by atoms with Crippen LogP contribution in [0.5, 0.6) is 0 Å². The van der Waals surface area contributed by atoms with Crippen molar-refractivity contribution in [2.75, 3.05) is 39.3 Å². The second-order valence-corrected chi connectivity index (χ2v) is 6.56. The van der Waals surface area contributed by atoms with Crippen molar-refractivity contribution in [3.05, 3.63) is 34.9 Å². The lowest BCUT2D eigenvalue weighted by Crippen LogP contribution is -2.52. The summed E-state index contributed by atoms with van der Waals surface area (Å²) < 4.78 is 119. The van der Waals surface area contributed by atoms with Crippen molar-refractivity contribution >= 4 is 11.9 Å². The molecule has 0 bridgehead atoms. The highest BCUT2D eigenvalue weighted by Gasteiger charge is 2.43. The Morgan fingerprint density at radius 3 is 1.71 bits per heavy atom. The van der Waals surface area contributed by atoms with Crippen LogP contribution in [-0.4, -0.2) is 67.2 Å². The smallest absolute Gasteiger partial charge is 0.461 e. The van der Waals surface area contributed by atoms with Gasteiger partial charge in [0.1, 0.15) is 6.61 Å². The van der Waals surface area contributed by atoms with E-state index in [1.807, 2.05) is 0 Å². The number of halogens is 9. The molecule has 1 aromatic rings. The van der Waals surface area contributed by atoms with Gasteiger partial charge in [0, 0.05) is 32.7 Å². The summed E-state index contributed by atoms with van der Waals surface area (Å²) in [5, 5.41) is 0. The Bertz CT molecular complexity index is 778. The molecular formula is C17H15F9N2O3. The summed E-state index contributed by atoms with van der Waals surface area (Å²) in [6.07, 6.45) is -15.2. The first-order chi connectivity index (χ1) is 14.1. The maximum absolute atomic E-state index is 12.8. The molecule has 0 atom stereocenters. The Kier molecular flexibility index (Phi) is 7.13. The lowest BCUT2D eigenvalue weighted by atomic mass is 10.0. The zero-order valence-electron chi connectivity index (χ0n) is 15.5. The van der Waals surface area contributed by atoms with Crippen molar-refractivity contribution < 1.29 is 53.8 Å². The summed E-state index contributed by atoms with van der Waals surface area (Å²) in [6, 6.07) is 0.344. The van der Waals surface area contributed by atoms with E-state index in [-0.39, 0.29) is 50.9 Å². The van der Waals surface area contributed by atoms with Crippen LogP contribution in [0.1, 0.15) is 21.5 Å². The Hall–Kier alpha value is -2.51. The van der Waals surface area contributed by atoms with Crippen molar-refractivity contribution in [2.45, 2.75) is 18.5 Å². The van der Waals surface area contributed by atoms with Gasteiger partial charge >= 0.3 is 30.4 Å². The minimum atomic E-state index is -5.12. The molecule has 1 fully saturated rings. The van der Waals surface area contributed by atoms with Crippen LogP contribution in [0, 0.1) is 0 Å². The quantitative estimate of drug-likeness (QED) is 0.503. The fourth-order valence-corrected chi connectivity index (χ4v) is 2.78. The normalized spacial score (nSPS) is 16.4. The van der Waals surface area contributed by atoms with Gasteiger partial charge < -0.3 is 9.64 Å². The highest BCUT2D eigenvalue weighted by Crippen LogP contribution is 2.36. The van der Waals surface area contributed by atoms with Gasteiger partial charge in [-0.3, -0.25) is 9.69 Å². The van der Waals surface area contributed by atoms with Crippen LogP contribution < -0.4 is 0 Å². The number of amides is 1. The number of carbonyl (C=O) groups excluding carboxylic acids is 2. The molecule has 0 N–H and O–H groups in total. The monoisotopic (exact) mass is 466 g/mol. The van der Waals surface area contributed by atoms with Crippen molar-refractivity contribution in [1.82, 2.24) is 9.80 Å². The molecule has 1 saturated heterocycles. The maximum atomic E-state index is 12.8. The summed E-state index contributed by atoms with van der Waals surface area (Å²) in [6.45, 7) is -0.916. The maximum Gasteiger partial charge on any atom is 0.471 e. The molecule has 0 aliphatic carbocycles. The molecule has 2 rings (SSSR count). The molecule has 0 aromatic heterocycles. The number of benzene rings is 1. The molecule has 5 nitrogen and oxygen atoms in total. The van der Waals surface area contributed by atoms with Gasteiger partial charge in [-0.2, -0.15) is 39.5 Å². The number of piperazine rings is 1. The molecule has 0 radical (unpaired) electrons. The first-order valence-corrected chi connectivity index (χ1v) is 8.64. The van der Waals surface area contributed by atoms with Crippen LogP contribution in [0.25, 0.3) is 0 Å². The van der Waals surface area contributed by atoms with Crippen LogP contribution in [0.2, 0.25) is 0 Å². The summed E-state index contributed by atoms with van der Waals surface area (Å²) in [5.74, 6) is -3.40. The number of rotatable bonds is 4. The van der Waals surface area contributed by atoms with Crippen LogP contribution in [0.4, 0.5) is 39.5 Å². The fraction of sp³-hybridized carbons (Fsp3) is 0.529. The lowest BCUT2D eigenvalue weighted by molar-refractivity contribution is -0.187. The SMILES string of the molecule is O=C(OCCN1CCN(C(=O)C(F)(F)F)CC1)c1cc(C(F)(F)F)cc(C(F)(F)F)c1. The second-order valence-electron chi connectivity index (χ2n) is 6.56. The summed E-state index contributed by atoms with van der Waals surface area (Å²) in [5.41, 5.74) is -4.28. The van der Waals surface area contributed by atoms with Crippen molar-refractivity contribution in [3.63, 3.8) is 0 Å². The van der Waals surface area contributed by atoms with Gasteiger partial charge in [0.05, 0.1) is 16.7 Å². The number of hydrogen-bond acceptors (Lipinski definition) is 4. The molecular weight excluding hydrogens is 451 g/mol. The van der Waals surface area contributed by atoms with Crippen molar-refractivity contribution in [2.24, 2.45) is 0 Å². The number of alkyl halides is 9. The number of hydrogen-bond donors (Lipinski definition) is 0. The van der Waals surface area contributed by atoms with Crippen LogP contribution in [-0.2, 0) is 21.9 Å². The zero-order chi connectivity index (χ0) is 23.6. The predicted molar refractivity (Wildman–Crippen MR) is 85.8 cm³/mol. The van der Waals surface area contributed by atoms with E-state index >= 15 is 0 Å². The lowest BCUT2D eigenvalue weighted by Gasteiger charge is -2.34. The third-order valence-electron chi connectivity index (χ3n) is 4.37. The summed E-state index contributed by atoms with van der Waals surface area (Å²) >= 11 is 0. The zero-order valence-corrected chi connectivity index (χ0v) is 15.5. The molecule has 14 heteroatoms. The predicted octanol–water partition coefficient (Wildman–Crippen LogP) is 3.59. The second kappa shape index (κ2) is 8.93. The Labute approximate surface area is 169 Å². The molecule has 1 heterocycles. The average Bonchev–Trinajstić information content (AvgIpc) is 2.65. The van der Waals surface area contributed by atoms with Crippen LogP contribution in [0.3, 0.4) is 0 Å². The van der Waals surface area contributed by atoms with E-state index in [0.717, 1.165) is 0 Å². The third kappa shape index (κ3) is 6.74. The average molecular weight is 466 g/mol. The summed E-state index contributed by atoms with van der Waals surface area (Å²) in [7, 11) is 0. The molecule has 1 aliphatic heterocycles. The molecule has 0 saturated carbocycles. The number of esters is 1. The molecule has 174 valence electrons. The minimum Gasteiger partial charge on any atom is -0.461 e. The highest BCUT2D eigenvalue weighted by molar-refractivity contribution is 5.90. The van der Waals surface area contributed by atoms with E-state index in [2.05, 4.69) is 0 Å². The summed E-state index contributed by atoms with van der Waals surface area (Å²) in [4.78, 5) is 25.2. The van der Waals surface area contributed by atoms with Gasteiger partial charge in [0.15, 0.2) is 0 Å². The molecule has 1 aromatic carbocycles. The molecule has 1 amide bonds. The first-order valence-electron chi connectivity index (χ1n) is 8.64. The third-order valence-corrected chi connectivity index (χ3v) is 4.37. The van der Waals surface area contributed by atoms with E-state index in [1.165, 1.54) is 4.90 Å². The van der Waals surface area contributed by atoms with Gasteiger partial charge in [-0.05, 0) is 18.2 Å². The number of carbonyl (C=O) groups is 2. The molecule has 1 aliphatic rings. The van der Waals surface area contributed by atoms with Crippen LogP contribution in [0.15, 0.2) is 18.2 Å². The topological polar surface area (TPSA) is 49.9 Å². The molecule has 31 heavy (non-hydrogen) atoms. The standard InChI is InChI=1S/C17H15F9N2O3/c18-15(19,20)11-7-10(8-12(9-11)16(21,22)23)13(29)31-6-5-27-1-3-28(4-2-27)14(30)17(24,25)26/h7-9H,1-6H2. The van der Waals surface area contributed by atoms with Gasteiger partial charge in [0.2, 0.25) is 0 Å². The van der Waals surface area contributed by atoms with Gasteiger partial charge in [-0.15, -0.1) is 0 Å². The van der Waals surface area contributed by atoms with E-state index in [4.69, 9.17) is 4.74 Å². The highest BCUT2D eigenvalue weighted by atomic mass is 19.4.